The van der Waals surface area contributed by atoms with Crippen LogP contribution in [0.1, 0.15) is 19.8 Å². The summed E-state index contributed by atoms with van der Waals surface area (Å²) in [5.41, 5.74) is 5.85. The molecule has 7 heteroatoms. The summed E-state index contributed by atoms with van der Waals surface area (Å²) >= 11 is 4.54. The van der Waals surface area contributed by atoms with Crippen molar-refractivity contribution in [3.05, 3.63) is 15.9 Å². The van der Waals surface area contributed by atoms with E-state index >= 15 is 0 Å². The highest BCUT2D eigenvalue weighted by Crippen LogP contribution is 2.31. The van der Waals surface area contributed by atoms with E-state index in [1.54, 1.807) is 16.4 Å². The largest absolute Gasteiger partial charge is 0.328 e. The van der Waals surface area contributed by atoms with Gasteiger partial charge in [0.15, 0.2) is 0 Å². The Morgan fingerprint density at radius 1 is 1.53 bits per heavy atom. The van der Waals surface area contributed by atoms with Gasteiger partial charge < -0.3 is 5.73 Å². The highest BCUT2D eigenvalue weighted by Gasteiger charge is 2.34. The summed E-state index contributed by atoms with van der Waals surface area (Å²) < 4.78 is 27.6. The van der Waals surface area contributed by atoms with Crippen molar-refractivity contribution >= 4 is 37.3 Å². The van der Waals surface area contributed by atoms with Crippen LogP contribution in [0.25, 0.3) is 0 Å². The quantitative estimate of drug-likeness (QED) is 0.897. The fraction of sp³-hybridized carbons (Fsp3) is 0.600. The summed E-state index contributed by atoms with van der Waals surface area (Å²) in [6.07, 6.45) is 1.46. The highest BCUT2D eigenvalue weighted by molar-refractivity contribution is 9.11. The fourth-order valence-corrected chi connectivity index (χ4v) is 5.89. The molecule has 2 atom stereocenters. The van der Waals surface area contributed by atoms with Crippen molar-refractivity contribution in [3.63, 3.8) is 0 Å². The number of halogens is 1. The molecule has 1 fully saturated rings. The predicted octanol–water partition coefficient (Wildman–Crippen LogP) is 2.01. The molecule has 1 aromatic rings. The Hall–Kier alpha value is 0.0500. The predicted molar refractivity (Wildman–Crippen MR) is 72.6 cm³/mol. The minimum Gasteiger partial charge on any atom is -0.328 e. The lowest BCUT2D eigenvalue weighted by molar-refractivity contribution is 0.247. The maximum atomic E-state index is 12.4. The summed E-state index contributed by atoms with van der Waals surface area (Å²) in [6.45, 7) is 2.43. The van der Waals surface area contributed by atoms with Crippen molar-refractivity contribution in [1.29, 1.82) is 0 Å². The number of piperidine rings is 1. The SMILES string of the molecule is CC1CC(N)CCN1S(=O)(=O)c1ccc(Br)s1. The highest BCUT2D eigenvalue weighted by atomic mass is 79.9. The van der Waals surface area contributed by atoms with Gasteiger partial charge in [0.05, 0.1) is 3.79 Å². The van der Waals surface area contributed by atoms with Gasteiger partial charge in [-0.05, 0) is 47.8 Å². The van der Waals surface area contributed by atoms with Crippen LogP contribution in [0.4, 0.5) is 0 Å². The van der Waals surface area contributed by atoms with E-state index in [9.17, 15) is 8.42 Å². The molecular weight excluding hydrogens is 324 g/mol. The Balaban J connectivity index is 2.27. The average molecular weight is 339 g/mol. The maximum absolute atomic E-state index is 12.4. The van der Waals surface area contributed by atoms with E-state index in [-0.39, 0.29) is 12.1 Å². The number of thiophene rings is 1. The zero-order valence-electron chi connectivity index (χ0n) is 9.47. The van der Waals surface area contributed by atoms with Crippen LogP contribution in [-0.2, 0) is 10.0 Å². The van der Waals surface area contributed by atoms with E-state index < -0.39 is 10.0 Å². The van der Waals surface area contributed by atoms with Crippen molar-refractivity contribution < 1.29 is 8.42 Å². The maximum Gasteiger partial charge on any atom is 0.252 e. The van der Waals surface area contributed by atoms with E-state index in [1.807, 2.05) is 6.92 Å². The van der Waals surface area contributed by atoms with Crippen molar-refractivity contribution in [1.82, 2.24) is 4.31 Å². The third-order valence-corrected chi connectivity index (χ3v) is 7.07. The van der Waals surface area contributed by atoms with Gasteiger partial charge in [0.25, 0.3) is 10.0 Å². The van der Waals surface area contributed by atoms with Crippen molar-refractivity contribution in [2.24, 2.45) is 5.73 Å². The van der Waals surface area contributed by atoms with Crippen LogP contribution in [0.2, 0.25) is 0 Å². The first-order valence-corrected chi connectivity index (χ1v) is 8.49. The first kappa shape index (κ1) is 13.5. The lowest BCUT2D eigenvalue weighted by Gasteiger charge is -2.34. The Morgan fingerprint density at radius 3 is 2.76 bits per heavy atom. The van der Waals surface area contributed by atoms with Gasteiger partial charge in [-0.3, -0.25) is 0 Å². The smallest absolute Gasteiger partial charge is 0.252 e. The molecule has 1 aliphatic rings. The number of hydrogen-bond acceptors (Lipinski definition) is 4. The molecule has 0 aliphatic carbocycles. The minimum absolute atomic E-state index is 0.0235. The Morgan fingerprint density at radius 2 is 2.24 bits per heavy atom. The van der Waals surface area contributed by atoms with E-state index in [1.165, 1.54) is 11.3 Å². The molecule has 1 aromatic heterocycles. The molecule has 0 aromatic carbocycles. The minimum atomic E-state index is -3.35. The van der Waals surface area contributed by atoms with Crippen LogP contribution in [0.5, 0.6) is 0 Å². The summed E-state index contributed by atoms with van der Waals surface area (Å²) in [5.74, 6) is 0. The van der Waals surface area contributed by atoms with Crippen LogP contribution in [0.15, 0.2) is 20.1 Å². The van der Waals surface area contributed by atoms with Crippen molar-refractivity contribution in [3.8, 4) is 0 Å². The van der Waals surface area contributed by atoms with Gasteiger partial charge in [-0.25, -0.2) is 8.42 Å². The summed E-state index contributed by atoms with van der Waals surface area (Å²) in [5, 5.41) is 0. The summed E-state index contributed by atoms with van der Waals surface area (Å²) in [6, 6.07) is 3.50. The molecule has 4 nitrogen and oxygen atoms in total. The van der Waals surface area contributed by atoms with Gasteiger partial charge in [-0.15, -0.1) is 11.3 Å². The normalized spacial score (nSPS) is 27.2. The molecule has 1 saturated heterocycles. The standard InChI is InChI=1S/C10H15BrN2O2S2/c1-7-6-8(12)4-5-13(7)17(14,15)10-3-2-9(11)16-10/h2-3,7-8H,4-6,12H2,1H3. The third-order valence-electron chi connectivity index (χ3n) is 2.97. The van der Waals surface area contributed by atoms with Crippen molar-refractivity contribution in [2.45, 2.75) is 36.1 Å². The van der Waals surface area contributed by atoms with Crippen LogP contribution in [-0.4, -0.2) is 31.4 Å². The van der Waals surface area contributed by atoms with Gasteiger partial charge in [-0.2, -0.15) is 4.31 Å². The molecule has 0 bridgehead atoms. The van der Waals surface area contributed by atoms with Gasteiger partial charge in [-0.1, -0.05) is 0 Å². The molecular formula is C10H15BrN2O2S2. The van der Waals surface area contributed by atoms with Gasteiger partial charge in [0.1, 0.15) is 4.21 Å². The monoisotopic (exact) mass is 338 g/mol. The van der Waals surface area contributed by atoms with E-state index in [2.05, 4.69) is 15.9 Å². The van der Waals surface area contributed by atoms with Crippen LogP contribution in [0, 0.1) is 0 Å². The number of nitrogens with two attached hydrogens (primary N) is 1. The summed E-state index contributed by atoms with van der Waals surface area (Å²) in [7, 11) is -3.35. The molecule has 2 heterocycles. The van der Waals surface area contributed by atoms with E-state index in [0.29, 0.717) is 10.8 Å². The molecule has 17 heavy (non-hydrogen) atoms. The average Bonchev–Trinajstić information content (AvgIpc) is 2.64. The zero-order valence-corrected chi connectivity index (χ0v) is 12.7. The van der Waals surface area contributed by atoms with Crippen molar-refractivity contribution in [2.75, 3.05) is 6.54 Å². The topological polar surface area (TPSA) is 63.4 Å². The summed E-state index contributed by atoms with van der Waals surface area (Å²) in [4.78, 5) is 0. The molecule has 0 spiro atoms. The first-order valence-electron chi connectivity index (χ1n) is 5.44. The number of nitrogens with zero attached hydrogens (tertiary/aromatic N) is 1. The Labute approximate surface area is 114 Å². The molecule has 0 saturated carbocycles. The van der Waals surface area contributed by atoms with E-state index in [4.69, 9.17) is 5.73 Å². The third kappa shape index (κ3) is 2.73. The molecule has 2 rings (SSSR count). The lowest BCUT2D eigenvalue weighted by Crippen LogP contribution is -2.48. The first-order chi connectivity index (χ1) is 7.91. The van der Waals surface area contributed by atoms with E-state index in [0.717, 1.165) is 16.6 Å². The zero-order chi connectivity index (χ0) is 12.6. The molecule has 96 valence electrons. The van der Waals surface area contributed by atoms with Gasteiger partial charge >= 0.3 is 0 Å². The lowest BCUT2D eigenvalue weighted by atomic mass is 10.0. The second kappa shape index (κ2) is 4.97. The van der Waals surface area contributed by atoms with Gasteiger partial charge in [0, 0.05) is 18.6 Å². The Kier molecular flexibility index (Phi) is 3.94. The Bertz CT molecular complexity index is 500. The molecule has 0 radical (unpaired) electrons. The number of rotatable bonds is 2. The second-order valence-electron chi connectivity index (χ2n) is 4.31. The van der Waals surface area contributed by atoms with Crippen LogP contribution in [0.3, 0.4) is 0 Å². The second-order valence-corrected chi connectivity index (χ2v) is 8.89. The van der Waals surface area contributed by atoms with Crippen LogP contribution >= 0.6 is 27.3 Å². The number of sulfonamides is 1. The number of hydrogen-bond donors (Lipinski definition) is 1. The fourth-order valence-electron chi connectivity index (χ4n) is 2.10. The van der Waals surface area contributed by atoms with Crippen LogP contribution < -0.4 is 5.73 Å². The van der Waals surface area contributed by atoms with Gasteiger partial charge in [0.2, 0.25) is 0 Å². The molecule has 0 amide bonds. The molecule has 2 N–H and O–H groups in total. The molecule has 2 unspecified atom stereocenters. The molecule has 1 aliphatic heterocycles.